The summed E-state index contributed by atoms with van der Waals surface area (Å²) in [4.78, 5) is 15.3. The Labute approximate surface area is 325 Å². The highest BCUT2D eigenvalue weighted by molar-refractivity contribution is 5.96. The Morgan fingerprint density at radius 2 is 0.714 bits per heavy atom. The smallest absolute Gasteiger partial charge is 0.164 e. The van der Waals surface area contributed by atoms with E-state index < -0.39 is 5.41 Å². The van der Waals surface area contributed by atoms with Crippen molar-refractivity contribution in [2.45, 2.75) is 5.41 Å². The van der Waals surface area contributed by atoms with E-state index in [0.717, 1.165) is 56.0 Å². The minimum atomic E-state index is -0.515. The van der Waals surface area contributed by atoms with Crippen LogP contribution < -0.4 is 4.74 Å². The Bertz CT molecular complexity index is 2890. The topological polar surface area (TPSA) is 47.9 Å². The predicted octanol–water partition coefficient (Wildman–Crippen LogP) is 12.7. The van der Waals surface area contributed by atoms with Crippen LogP contribution in [0.2, 0.25) is 0 Å². The van der Waals surface area contributed by atoms with Gasteiger partial charge in [0.2, 0.25) is 0 Å². The van der Waals surface area contributed by atoms with Gasteiger partial charge in [-0.05, 0) is 56.6 Å². The van der Waals surface area contributed by atoms with Crippen LogP contribution in [0, 0.1) is 0 Å². The standard InChI is InChI=1S/C52H33N3O/c1-3-16-34(17-4-1)38-20-7-8-21-40(38)51-54-49(36-18-5-2-6-19-36)53-50(55-51)37-32-30-35(31-33-37)39-23-15-27-45-48(39)41-22-9-10-24-42(41)52(45)43-25-11-13-28-46(43)56-47-29-14-12-26-44(47)52/h1-33H. The molecule has 0 fully saturated rings. The van der Waals surface area contributed by atoms with Gasteiger partial charge in [-0.15, -0.1) is 0 Å². The lowest BCUT2D eigenvalue weighted by molar-refractivity contribution is 0.436. The molecular weight excluding hydrogens is 683 g/mol. The van der Waals surface area contributed by atoms with Crippen molar-refractivity contribution >= 4 is 0 Å². The molecule has 56 heavy (non-hydrogen) atoms. The first-order valence-electron chi connectivity index (χ1n) is 18.9. The van der Waals surface area contributed by atoms with Crippen LogP contribution in [0.25, 0.3) is 67.5 Å². The number of para-hydroxylation sites is 2. The second-order valence-corrected chi connectivity index (χ2v) is 14.3. The van der Waals surface area contributed by atoms with Gasteiger partial charge in [-0.25, -0.2) is 15.0 Å². The molecule has 1 aliphatic carbocycles. The number of fused-ring (bicyclic) bond motifs is 9. The van der Waals surface area contributed by atoms with Gasteiger partial charge < -0.3 is 4.74 Å². The number of aromatic nitrogens is 3. The average Bonchev–Trinajstić information content (AvgIpc) is 3.58. The molecule has 0 saturated carbocycles. The molecule has 0 radical (unpaired) electrons. The van der Waals surface area contributed by atoms with Gasteiger partial charge in [-0.3, -0.25) is 0 Å². The molecule has 262 valence electrons. The monoisotopic (exact) mass is 715 g/mol. The second-order valence-electron chi connectivity index (χ2n) is 14.3. The molecule has 11 rings (SSSR count). The molecule has 1 aliphatic heterocycles. The number of hydrogen-bond donors (Lipinski definition) is 0. The Kier molecular flexibility index (Phi) is 7.36. The first-order valence-corrected chi connectivity index (χ1v) is 18.9. The molecule has 4 heteroatoms. The molecule has 0 unspecified atom stereocenters. The SMILES string of the molecule is c1ccc(-c2nc(-c3ccc(-c4cccc5c4-c4ccccc4C54c5ccccc5Oc5ccccc54)cc3)nc(-c3ccccc3-c3ccccc3)n2)cc1. The summed E-state index contributed by atoms with van der Waals surface area (Å²) in [5.74, 6) is 3.68. The minimum Gasteiger partial charge on any atom is -0.457 e. The minimum absolute atomic E-state index is 0.515. The first-order chi connectivity index (χ1) is 27.8. The highest BCUT2D eigenvalue weighted by Crippen LogP contribution is 2.63. The maximum atomic E-state index is 6.55. The summed E-state index contributed by atoms with van der Waals surface area (Å²) in [5, 5.41) is 0. The van der Waals surface area contributed by atoms with Crippen molar-refractivity contribution < 1.29 is 4.74 Å². The van der Waals surface area contributed by atoms with Crippen molar-refractivity contribution in [2.24, 2.45) is 0 Å². The van der Waals surface area contributed by atoms with Gasteiger partial charge in [0.15, 0.2) is 17.5 Å². The Morgan fingerprint density at radius 1 is 0.286 bits per heavy atom. The van der Waals surface area contributed by atoms with E-state index in [-0.39, 0.29) is 0 Å². The van der Waals surface area contributed by atoms with Gasteiger partial charge >= 0.3 is 0 Å². The van der Waals surface area contributed by atoms with Crippen LogP contribution in [0.15, 0.2) is 200 Å². The third kappa shape index (κ3) is 4.89. The van der Waals surface area contributed by atoms with Gasteiger partial charge in [0.05, 0.1) is 5.41 Å². The molecule has 8 aromatic carbocycles. The van der Waals surface area contributed by atoms with E-state index in [1.54, 1.807) is 0 Å². The molecule has 0 N–H and O–H groups in total. The van der Waals surface area contributed by atoms with E-state index in [4.69, 9.17) is 19.7 Å². The molecular formula is C52H33N3O. The molecule has 1 spiro atoms. The predicted molar refractivity (Wildman–Crippen MR) is 224 cm³/mol. The number of nitrogens with zero attached hydrogens (tertiary/aromatic N) is 3. The lowest BCUT2D eigenvalue weighted by Gasteiger charge is -2.39. The number of ether oxygens (including phenoxy) is 1. The molecule has 4 nitrogen and oxygen atoms in total. The van der Waals surface area contributed by atoms with Crippen LogP contribution in [0.5, 0.6) is 11.5 Å². The zero-order valence-electron chi connectivity index (χ0n) is 30.3. The normalized spacial score (nSPS) is 12.9. The average molecular weight is 716 g/mol. The second kappa shape index (κ2) is 12.9. The van der Waals surface area contributed by atoms with E-state index in [1.807, 2.05) is 42.5 Å². The first kappa shape index (κ1) is 32.0. The van der Waals surface area contributed by atoms with Crippen LogP contribution in [-0.4, -0.2) is 15.0 Å². The summed E-state index contributed by atoms with van der Waals surface area (Å²) in [6.07, 6.45) is 0. The molecule has 0 saturated heterocycles. The van der Waals surface area contributed by atoms with Crippen molar-refractivity contribution in [1.29, 1.82) is 0 Å². The number of hydrogen-bond acceptors (Lipinski definition) is 4. The van der Waals surface area contributed by atoms with E-state index in [2.05, 4.69) is 158 Å². The van der Waals surface area contributed by atoms with Gasteiger partial charge in [-0.2, -0.15) is 0 Å². The quantitative estimate of drug-likeness (QED) is 0.178. The van der Waals surface area contributed by atoms with E-state index >= 15 is 0 Å². The fourth-order valence-corrected chi connectivity index (χ4v) is 8.83. The van der Waals surface area contributed by atoms with Gasteiger partial charge in [0.25, 0.3) is 0 Å². The highest BCUT2D eigenvalue weighted by Gasteiger charge is 2.51. The van der Waals surface area contributed by atoms with Crippen LogP contribution in [0.3, 0.4) is 0 Å². The lowest BCUT2D eigenvalue weighted by Crippen LogP contribution is -2.32. The summed E-state index contributed by atoms with van der Waals surface area (Å²) >= 11 is 0. The van der Waals surface area contributed by atoms with E-state index in [1.165, 1.54) is 27.8 Å². The summed E-state index contributed by atoms with van der Waals surface area (Å²) in [6.45, 7) is 0. The zero-order valence-corrected chi connectivity index (χ0v) is 30.3. The van der Waals surface area contributed by atoms with Crippen LogP contribution >= 0.6 is 0 Å². The van der Waals surface area contributed by atoms with Gasteiger partial charge in [-0.1, -0.05) is 188 Å². The summed E-state index contributed by atoms with van der Waals surface area (Å²) in [5.41, 5.74) is 14.1. The van der Waals surface area contributed by atoms with E-state index in [9.17, 15) is 0 Å². The molecule has 0 bridgehead atoms. The lowest BCUT2D eigenvalue weighted by atomic mass is 9.66. The molecule has 0 atom stereocenters. The molecule has 2 aliphatic rings. The van der Waals surface area contributed by atoms with E-state index in [0.29, 0.717) is 17.5 Å². The number of rotatable bonds is 5. The largest absolute Gasteiger partial charge is 0.457 e. The van der Waals surface area contributed by atoms with Crippen LogP contribution in [0.1, 0.15) is 22.3 Å². The molecule has 9 aromatic rings. The van der Waals surface area contributed by atoms with Crippen molar-refractivity contribution in [3.63, 3.8) is 0 Å². The Balaban J connectivity index is 1.07. The van der Waals surface area contributed by atoms with Gasteiger partial charge in [0, 0.05) is 27.8 Å². The molecule has 2 heterocycles. The zero-order chi connectivity index (χ0) is 37.1. The van der Waals surface area contributed by atoms with Crippen LogP contribution in [0.4, 0.5) is 0 Å². The molecule has 1 aromatic heterocycles. The third-order valence-electron chi connectivity index (χ3n) is 11.2. The van der Waals surface area contributed by atoms with Crippen molar-refractivity contribution in [2.75, 3.05) is 0 Å². The summed E-state index contributed by atoms with van der Waals surface area (Å²) < 4.78 is 6.55. The van der Waals surface area contributed by atoms with Crippen molar-refractivity contribution in [3.05, 3.63) is 222 Å². The third-order valence-corrected chi connectivity index (χ3v) is 11.2. The van der Waals surface area contributed by atoms with Crippen LogP contribution in [-0.2, 0) is 5.41 Å². The molecule has 0 amide bonds. The number of benzene rings is 8. The summed E-state index contributed by atoms with van der Waals surface area (Å²) in [6, 6.07) is 70.2. The fourth-order valence-electron chi connectivity index (χ4n) is 8.83. The maximum absolute atomic E-state index is 6.55. The van der Waals surface area contributed by atoms with Crippen molar-refractivity contribution in [1.82, 2.24) is 15.0 Å². The maximum Gasteiger partial charge on any atom is 0.164 e. The fraction of sp³-hybridized carbons (Fsp3) is 0.0192. The van der Waals surface area contributed by atoms with Gasteiger partial charge in [0.1, 0.15) is 11.5 Å². The highest BCUT2D eigenvalue weighted by atomic mass is 16.5. The Hall–Kier alpha value is -7.43. The van der Waals surface area contributed by atoms with Crippen molar-refractivity contribution in [3.8, 4) is 79.0 Å². The summed E-state index contributed by atoms with van der Waals surface area (Å²) in [7, 11) is 0. The Morgan fingerprint density at radius 3 is 1.38 bits per heavy atom.